The molecule has 0 aromatic rings. The monoisotopic (exact) mass is 338 g/mol. The third-order valence-corrected chi connectivity index (χ3v) is 2.29. The van der Waals surface area contributed by atoms with Gasteiger partial charge in [0.1, 0.15) is 0 Å². The van der Waals surface area contributed by atoms with Crippen molar-refractivity contribution in [2.75, 3.05) is 13.1 Å². The van der Waals surface area contributed by atoms with E-state index in [4.69, 9.17) is 0 Å². The van der Waals surface area contributed by atoms with Gasteiger partial charge in [-0.2, -0.15) is 0 Å². The van der Waals surface area contributed by atoms with Crippen LogP contribution in [0.5, 0.6) is 0 Å². The normalized spacial score (nSPS) is 20.2. The van der Waals surface area contributed by atoms with Crippen LogP contribution in [0.3, 0.4) is 0 Å². The molecule has 1 aliphatic heterocycles. The quantitative estimate of drug-likeness (QED) is 0.697. The van der Waals surface area contributed by atoms with Crippen molar-refractivity contribution >= 4 is 0 Å². The Labute approximate surface area is 91.0 Å². The Morgan fingerprint density at radius 3 is 2.08 bits per heavy atom. The standard InChI is InChI=1S/C10H20N.W/c1-10(2,3)8-9-4-6-11-7-5-9;/h9H,4-8H2,1-3H3;/q-1;. The smallest absolute Gasteiger partial charge is 0 e. The van der Waals surface area contributed by atoms with E-state index in [2.05, 4.69) is 26.1 Å². The van der Waals surface area contributed by atoms with Gasteiger partial charge in [0.25, 0.3) is 0 Å². The van der Waals surface area contributed by atoms with E-state index in [0.29, 0.717) is 5.41 Å². The Morgan fingerprint density at radius 1 is 1.17 bits per heavy atom. The van der Waals surface area contributed by atoms with Crippen molar-refractivity contribution in [3.63, 3.8) is 0 Å². The first-order valence-corrected chi connectivity index (χ1v) is 4.71. The van der Waals surface area contributed by atoms with E-state index in [0.717, 1.165) is 19.0 Å². The zero-order valence-corrected chi connectivity index (χ0v) is 11.4. The van der Waals surface area contributed by atoms with Crippen LogP contribution in [-0.2, 0) is 21.1 Å². The Bertz CT molecular complexity index is 111. The molecule has 0 unspecified atom stereocenters. The van der Waals surface area contributed by atoms with Crippen molar-refractivity contribution in [3.8, 4) is 0 Å². The number of nitrogens with zero attached hydrogens (tertiary/aromatic N) is 1. The largest absolute Gasteiger partial charge is 0.662 e. The minimum atomic E-state index is 0. The van der Waals surface area contributed by atoms with Gasteiger partial charge in [-0.3, -0.25) is 0 Å². The second-order valence-corrected chi connectivity index (χ2v) is 4.88. The van der Waals surface area contributed by atoms with Crippen molar-refractivity contribution in [1.29, 1.82) is 0 Å². The second kappa shape index (κ2) is 5.39. The Kier molecular flexibility index (Phi) is 5.69. The van der Waals surface area contributed by atoms with Crippen molar-refractivity contribution in [3.05, 3.63) is 5.32 Å². The molecule has 2 heteroatoms. The molecule has 0 saturated carbocycles. The van der Waals surface area contributed by atoms with E-state index in [1.54, 1.807) is 0 Å². The molecule has 0 bridgehead atoms. The molecular formula is C10H20NW-. The first kappa shape index (κ1) is 12.6. The number of hydrogen-bond acceptors (Lipinski definition) is 0. The third-order valence-electron chi connectivity index (χ3n) is 2.29. The second-order valence-electron chi connectivity index (χ2n) is 4.88. The van der Waals surface area contributed by atoms with E-state index >= 15 is 0 Å². The topological polar surface area (TPSA) is 14.1 Å². The van der Waals surface area contributed by atoms with Crippen molar-refractivity contribution in [1.82, 2.24) is 0 Å². The van der Waals surface area contributed by atoms with E-state index in [9.17, 15) is 0 Å². The minimum absolute atomic E-state index is 0. The Morgan fingerprint density at radius 2 is 1.67 bits per heavy atom. The first-order chi connectivity index (χ1) is 5.08. The van der Waals surface area contributed by atoms with Gasteiger partial charge in [-0.05, 0) is 17.8 Å². The predicted octanol–water partition coefficient (Wildman–Crippen LogP) is 3.20. The fraction of sp³-hybridized carbons (Fsp3) is 1.00. The molecule has 72 valence electrons. The predicted molar refractivity (Wildman–Crippen MR) is 49.9 cm³/mol. The summed E-state index contributed by atoms with van der Waals surface area (Å²) in [7, 11) is 0. The molecule has 0 aromatic carbocycles. The van der Waals surface area contributed by atoms with Gasteiger partial charge in [-0.15, -0.1) is 13.1 Å². The number of rotatable bonds is 1. The molecule has 0 aliphatic carbocycles. The minimum Gasteiger partial charge on any atom is -0.662 e. The maximum absolute atomic E-state index is 4.36. The van der Waals surface area contributed by atoms with E-state index in [-0.39, 0.29) is 21.1 Å². The molecule has 1 saturated heterocycles. The molecule has 1 nitrogen and oxygen atoms in total. The van der Waals surface area contributed by atoms with Crippen LogP contribution >= 0.6 is 0 Å². The summed E-state index contributed by atoms with van der Waals surface area (Å²) in [6.07, 6.45) is 4.04. The van der Waals surface area contributed by atoms with Crippen molar-refractivity contribution in [2.45, 2.75) is 40.0 Å². The van der Waals surface area contributed by atoms with Crippen LogP contribution in [-0.4, -0.2) is 13.1 Å². The van der Waals surface area contributed by atoms with Gasteiger partial charge in [0.05, 0.1) is 0 Å². The molecule has 0 N–H and O–H groups in total. The maximum Gasteiger partial charge on any atom is 0 e. The van der Waals surface area contributed by atoms with Crippen molar-refractivity contribution in [2.24, 2.45) is 11.3 Å². The average Bonchev–Trinajstić information content (AvgIpc) is 1.85. The van der Waals surface area contributed by atoms with Crippen LogP contribution in [0.1, 0.15) is 40.0 Å². The van der Waals surface area contributed by atoms with Gasteiger partial charge in [-0.25, -0.2) is 0 Å². The van der Waals surface area contributed by atoms with Crippen LogP contribution in [0.2, 0.25) is 0 Å². The van der Waals surface area contributed by atoms with Crippen LogP contribution in [0.15, 0.2) is 0 Å². The molecule has 1 heterocycles. The molecular weight excluding hydrogens is 318 g/mol. The van der Waals surface area contributed by atoms with Crippen molar-refractivity contribution < 1.29 is 21.1 Å². The first-order valence-electron chi connectivity index (χ1n) is 4.71. The maximum atomic E-state index is 4.36. The van der Waals surface area contributed by atoms with Crippen LogP contribution < -0.4 is 0 Å². The molecule has 0 spiro atoms. The molecule has 0 aromatic heterocycles. The third kappa shape index (κ3) is 5.32. The molecule has 0 atom stereocenters. The summed E-state index contributed by atoms with van der Waals surface area (Å²) in [5, 5.41) is 4.36. The Balaban J connectivity index is 0.00000121. The summed E-state index contributed by atoms with van der Waals surface area (Å²) in [6, 6.07) is 0. The molecule has 0 amide bonds. The van der Waals surface area contributed by atoms with E-state index in [1.165, 1.54) is 19.3 Å². The number of piperidine rings is 1. The van der Waals surface area contributed by atoms with Gasteiger partial charge in [-0.1, -0.05) is 33.6 Å². The van der Waals surface area contributed by atoms with Gasteiger partial charge < -0.3 is 5.32 Å². The Hall–Kier alpha value is 0.648. The van der Waals surface area contributed by atoms with E-state index < -0.39 is 0 Å². The molecule has 1 fully saturated rings. The van der Waals surface area contributed by atoms with Crippen LogP contribution in [0.25, 0.3) is 5.32 Å². The summed E-state index contributed by atoms with van der Waals surface area (Å²) in [6.45, 7) is 9.22. The summed E-state index contributed by atoms with van der Waals surface area (Å²) >= 11 is 0. The summed E-state index contributed by atoms with van der Waals surface area (Å²) < 4.78 is 0. The van der Waals surface area contributed by atoms with Gasteiger partial charge in [0.15, 0.2) is 0 Å². The average molecular weight is 338 g/mol. The molecule has 1 aliphatic rings. The van der Waals surface area contributed by atoms with Gasteiger partial charge in [0.2, 0.25) is 0 Å². The van der Waals surface area contributed by atoms with Gasteiger partial charge in [0, 0.05) is 21.1 Å². The van der Waals surface area contributed by atoms with Crippen LogP contribution in [0, 0.1) is 11.3 Å². The SMILES string of the molecule is CC(C)(C)CC1CC[N-]CC1.[W]. The summed E-state index contributed by atoms with van der Waals surface area (Å²) in [5.74, 6) is 0.951. The summed E-state index contributed by atoms with van der Waals surface area (Å²) in [4.78, 5) is 0. The molecule has 12 heavy (non-hydrogen) atoms. The zero-order chi connectivity index (χ0) is 8.32. The summed E-state index contributed by atoms with van der Waals surface area (Å²) in [5.41, 5.74) is 0.516. The number of hydrogen-bond donors (Lipinski definition) is 0. The fourth-order valence-corrected chi connectivity index (χ4v) is 1.87. The van der Waals surface area contributed by atoms with E-state index in [1.807, 2.05) is 0 Å². The van der Waals surface area contributed by atoms with Gasteiger partial charge >= 0.3 is 0 Å². The zero-order valence-electron chi connectivity index (χ0n) is 8.47. The molecule has 1 rings (SSSR count). The van der Waals surface area contributed by atoms with Crippen LogP contribution in [0.4, 0.5) is 0 Å². The molecule has 0 radical (unpaired) electrons. The fourth-order valence-electron chi connectivity index (χ4n) is 1.87.